The van der Waals surface area contributed by atoms with Crippen LogP contribution in [0.15, 0.2) is 122 Å². The third-order valence-electron chi connectivity index (χ3n) is 17.8. The van der Waals surface area contributed by atoms with Gasteiger partial charge in [-0.25, -0.2) is 0 Å². The first-order valence-corrected chi connectivity index (χ1v) is 38.7. The molecule has 1 aliphatic rings. The van der Waals surface area contributed by atoms with E-state index in [1.54, 1.807) is 0 Å². The summed E-state index contributed by atoms with van der Waals surface area (Å²) in [7, 11) is 0. The Morgan fingerprint density at radius 3 is 1.00 bits per heavy atom. The fourth-order valence-electron chi connectivity index (χ4n) is 11.8. The van der Waals surface area contributed by atoms with E-state index in [2.05, 4.69) is 141 Å². The third kappa shape index (κ3) is 58.0. The second kappa shape index (κ2) is 70.4. The Morgan fingerprint density at radius 2 is 0.674 bits per heavy atom. The van der Waals surface area contributed by atoms with Gasteiger partial charge in [-0.1, -0.05) is 367 Å². The van der Waals surface area contributed by atoms with Crippen molar-refractivity contribution in [2.45, 2.75) is 384 Å². The minimum atomic E-state index is -1.56. The zero-order valence-electron chi connectivity index (χ0n) is 59.5. The first-order valence-electron chi connectivity index (χ1n) is 38.7. The van der Waals surface area contributed by atoms with Crippen molar-refractivity contribution in [1.82, 2.24) is 5.32 Å². The standard InChI is InChI=1S/C83H145NO8/c1-3-5-7-9-11-13-15-17-19-21-23-25-27-29-31-33-34-35-36-37-38-39-40-41-42-43-44-45-47-49-51-53-55-57-59-61-63-65-67-69-71-73-79(87)84-76(75-91-83-82(90)81(89)80(88)78(74-85)92-83)77(86)72-70-68-66-64-62-60-58-56-54-52-50-48-46-32-30-28-26-24-22-20-18-16-14-12-10-8-6-4-2/h5,7,11,13,17,19,23,25,29,31,34-35,37-38,40-41,43-44,47,49,76-78,80-83,85-86,88-90H,3-4,6,8-10,12,14-16,18,20-22,24,26-28,30,32-33,36,39,42,45-46,48,50-75H2,1-2H3,(H,84,87)/b7-5-,13-11-,19-17-,25-23-,31-29-,35-34-,38-37-,41-40-,44-43-,49-47-. The molecule has 0 saturated carbocycles. The smallest absolute Gasteiger partial charge is 0.220 e. The normalized spacial score (nSPS) is 18.4. The molecule has 0 aromatic rings. The molecule has 1 rings (SSSR count). The quantitative estimate of drug-likeness (QED) is 0.0261. The number of aliphatic hydroxyl groups excluding tert-OH is 5. The number of nitrogens with one attached hydrogen (secondary N) is 1. The van der Waals surface area contributed by atoms with E-state index >= 15 is 0 Å². The molecule has 0 aromatic heterocycles. The van der Waals surface area contributed by atoms with Gasteiger partial charge >= 0.3 is 0 Å². The lowest BCUT2D eigenvalue weighted by Gasteiger charge is -2.40. The Bertz CT molecular complexity index is 1880. The molecule has 0 spiro atoms. The number of aliphatic hydroxyl groups is 5. The van der Waals surface area contributed by atoms with Gasteiger partial charge in [0.2, 0.25) is 5.91 Å². The van der Waals surface area contributed by atoms with E-state index in [1.807, 2.05) is 0 Å². The zero-order chi connectivity index (χ0) is 66.4. The summed E-state index contributed by atoms with van der Waals surface area (Å²) in [5, 5.41) is 55.1. The highest BCUT2D eigenvalue weighted by Gasteiger charge is 2.44. The zero-order valence-corrected chi connectivity index (χ0v) is 59.5. The predicted molar refractivity (Wildman–Crippen MR) is 396 cm³/mol. The third-order valence-corrected chi connectivity index (χ3v) is 17.8. The minimum Gasteiger partial charge on any atom is -0.394 e. The van der Waals surface area contributed by atoms with Crippen LogP contribution in [0.3, 0.4) is 0 Å². The topological polar surface area (TPSA) is 149 Å². The van der Waals surface area contributed by atoms with E-state index in [-0.39, 0.29) is 12.5 Å². The van der Waals surface area contributed by atoms with Crippen molar-refractivity contribution in [3.8, 4) is 0 Å². The summed E-state index contributed by atoms with van der Waals surface area (Å²) in [6, 6.07) is -0.731. The lowest BCUT2D eigenvalue weighted by molar-refractivity contribution is -0.302. The van der Waals surface area contributed by atoms with Crippen molar-refractivity contribution in [3.63, 3.8) is 0 Å². The van der Waals surface area contributed by atoms with Crippen LogP contribution in [0, 0.1) is 0 Å². The molecule has 0 radical (unpaired) electrons. The largest absolute Gasteiger partial charge is 0.394 e. The van der Waals surface area contributed by atoms with Gasteiger partial charge in [0.25, 0.3) is 0 Å². The first-order chi connectivity index (χ1) is 45.3. The molecule has 92 heavy (non-hydrogen) atoms. The van der Waals surface area contributed by atoms with Crippen LogP contribution in [-0.4, -0.2) is 87.5 Å². The second-order valence-electron chi connectivity index (χ2n) is 26.4. The molecule has 0 bridgehead atoms. The summed E-state index contributed by atoms with van der Waals surface area (Å²) in [5.74, 6) is -0.149. The van der Waals surface area contributed by atoms with E-state index < -0.39 is 49.5 Å². The highest BCUT2D eigenvalue weighted by Crippen LogP contribution is 2.24. The molecule has 6 N–H and O–H groups in total. The monoisotopic (exact) mass is 1280 g/mol. The van der Waals surface area contributed by atoms with Gasteiger partial charge in [-0.2, -0.15) is 0 Å². The minimum absolute atomic E-state index is 0.144. The second-order valence-corrected chi connectivity index (χ2v) is 26.4. The maximum Gasteiger partial charge on any atom is 0.220 e. The Hall–Kier alpha value is -3.41. The molecule has 1 amide bonds. The van der Waals surface area contributed by atoms with Crippen LogP contribution < -0.4 is 5.32 Å². The molecule has 530 valence electrons. The molecule has 0 aromatic carbocycles. The number of allylic oxidation sites excluding steroid dienone is 20. The van der Waals surface area contributed by atoms with Crippen LogP contribution in [0.2, 0.25) is 0 Å². The van der Waals surface area contributed by atoms with Crippen molar-refractivity contribution in [1.29, 1.82) is 0 Å². The summed E-state index contributed by atoms with van der Waals surface area (Å²) in [6.07, 6.45) is 98.5. The van der Waals surface area contributed by atoms with E-state index in [4.69, 9.17) is 9.47 Å². The van der Waals surface area contributed by atoms with E-state index in [1.165, 1.54) is 205 Å². The van der Waals surface area contributed by atoms with Gasteiger partial charge < -0.3 is 40.3 Å². The van der Waals surface area contributed by atoms with E-state index in [0.717, 1.165) is 109 Å². The fraction of sp³-hybridized carbons (Fsp3) is 0.747. The highest BCUT2D eigenvalue weighted by molar-refractivity contribution is 5.76. The van der Waals surface area contributed by atoms with Gasteiger partial charge in [0.1, 0.15) is 24.4 Å². The molecule has 9 nitrogen and oxygen atoms in total. The van der Waals surface area contributed by atoms with Crippen LogP contribution in [0.5, 0.6) is 0 Å². The number of carbonyl (C=O) groups excluding carboxylic acids is 1. The summed E-state index contributed by atoms with van der Waals surface area (Å²) >= 11 is 0. The number of amides is 1. The van der Waals surface area contributed by atoms with Crippen LogP contribution in [0.1, 0.15) is 341 Å². The maximum atomic E-state index is 13.2. The summed E-state index contributed by atoms with van der Waals surface area (Å²) in [4.78, 5) is 13.2. The van der Waals surface area contributed by atoms with Crippen molar-refractivity contribution in [2.24, 2.45) is 0 Å². The predicted octanol–water partition coefficient (Wildman–Crippen LogP) is 22.1. The van der Waals surface area contributed by atoms with Crippen LogP contribution in [0.25, 0.3) is 0 Å². The number of unbranched alkanes of at least 4 members (excludes halogenated alkanes) is 37. The first kappa shape index (κ1) is 86.6. The summed E-state index contributed by atoms with van der Waals surface area (Å²) < 4.78 is 11.4. The SMILES string of the molecule is CC/C=C\C/C=C\C/C=C\C/C=C\C/C=C\C/C=C\C/C=C\C/C=C\C/C=C\C/C=C\CCCCCCCCCCCCC(=O)NC(COC1OC(CO)C(O)C(O)C1O)C(O)CCCCCCCCCCCCCCCCCCCCCCCCCCCCCC. The lowest BCUT2D eigenvalue weighted by atomic mass is 9.99. The Morgan fingerprint density at radius 1 is 0.380 bits per heavy atom. The number of hydrogen-bond acceptors (Lipinski definition) is 8. The molecule has 1 saturated heterocycles. The molecule has 7 atom stereocenters. The van der Waals surface area contributed by atoms with Crippen LogP contribution >= 0.6 is 0 Å². The molecule has 0 aliphatic carbocycles. The van der Waals surface area contributed by atoms with Gasteiger partial charge in [-0.15, -0.1) is 0 Å². The molecular formula is C83H145NO8. The van der Waals surface area contributed by atoms with Gasteiger partial charge in [0.05, 0.1) is 25.4 Å². The van der Waals surface area contributed by atoms with Crippen molar-refractivity contribution in [3.05, 3.63) is 122 Å². The molecule has 1 fully saturated rings. The van der Waals surface area contributed by atoms with Gasteiger partial charge in [-0.3, -0.25) is 4.79 Å². The fourth-order valence-corrected chi connectivity index (χ4v) is 11.8. The van der Waals surface area contributed by atoms with Crippen LogP contribution in [0.4, 0.5) is 0 Å². The highest BCUT2D eigenvalue weighted by atomic mass is 16.7. The van der Waals surface area contributed by atoms with E-state index in [9.17, 15) is 30.3 Å². The van der Waals surface area contributed by atoms with Gasteiger partial charge in [0.15, 0.2) is 6.29 Å². The van der Waals surface area contributed by atoms with Gasteiger partial charge in [0, 0.05) is 6.42 Å². The maximum absolute atomic E-state index is 13.2. The van der Waals surface area contributed by atoms with Crippen LogP contribution in [-0.2, 0) is 14.3 Å². The Balaban J connectivity index is 2.11. The summed E-state index contributed by atoms with van der Waals surface area (Å²) in [6.45, 7) is 3.76. The molecule has 1 aliphatic heterocycles. The molecular weight excluding hydrogens is 1140 g/mol. The molecule has 7 unspecified atom stereocenters. The lowest BCUT2D eigenvalue weighted by Crippen LogP contribution is -2.60. The Labute approximate surface area is 567 Å². The van der Waals surface area contributed by atoms with Crippen molar-refractivity contribution < 1.29 is 39.8 Å². The van der Waals surface area contributed by atoms with Gasteiger partial charge in [-0.05, 0) is 89.9 Å². The molecule has 1 heterocycles. The molecule has 9 heteroatoms. The summed E-state index contributed by atoms with van der Waals surface area (Å²) in [5.41, 5.74) is 0. The number of carbonyl (C=O) groups is 1. The average Bonchev–Trinajstić information content (AvgIpc) is 1.00. The Kier molecular flexibility index (Phi) is 66.3. The van der Waals surface area contributed by atoms with Crippen molar-refractivity contribution >= 4 is 5.91 Å². The number of rotatable bonds is 67. The van der Waals surface area contributed by atoms with Crippen molar-refractivity contribution in [2.75, 3.05) is 13.2 Å². The number of hydrogen-bond donors (Lipinski definition) is 6. The number of ether oxygens (including phenoxy) is 2. The van der Waals surface area contributed by atoms with E-state index in [0.29, 0.717) is 12.8 Å². The average molecular weight is 1290 g/mol.